The quantitative estimate of drug-likeness (QED) is 0.626. The van der Waals surface area contributed by atoms with Crippen LogP contribution in [0.15, 0.2) is 0 Å². The van der Waals surface area contributed by atoms with Crippen molar-refractivity contribution in [2.24, 2.45) is 17.3 Å². The molecule has 2 atom stereocenters. The molecule has 0 spiro atoms. The number of carbonyl (C=O) groups excluding carboxylic acids is 1. The molecule has 1 rings (SSSR count). The van der Waals surface area contributed by atoms with Gasteiger partial charge in [0.05, 0.1) is 5.41 Å². The van der Waals surface area contributed by atoms with Crippen LogP contribution in [0.4, 0.5) is 13.2 Å². The molecule has 0 aliphatic heterocycles. The van der Waals surface area contributed by atoms with E-state index >= 15 is 0 Å². The van der Waals surface area contributed by atoms with E-state index in [2.05, 4.69) is 0 Å². The van der Waals surface area contributed by atoms with Gasteiger partial charge in [-0.25, -0.2) is 0 Å². The van der Waals surface area contributed by atoms with Crippen LogP contribution in [0, 0.1) is 17.3 Å². The lowest BCUT2D eigenvalue weighted by Gasteiger charge is -2.47. The summed E-state index contributed by atoms with van der Waals surface area (Å²) in [5, 5.41) is 10.4. The van der Waals surface area contributed by atoms with Crippen LogP contribution in [0.1, 0.15) is 80.1 Å². The van der Waals surface area contributed by atoms with Crippen LogP contribution in [0.2, 0.25) is 0 Å². The number of halogens is 3. The smallest absolute Gasteiger partial charge is 0.417 e. The third-order valence-corrected chi connectivity index (χ3v) is 5.78. The van der Waals surface area contributed by atoms with Crippen molar-refractivity contribution < 1.29 is 27.8 Å². The maximum atomic E-state index is 13.6. The van der Waals surface area contributed by atoms with Crippen LogP contribution in [0.25, 0.3) is 0 Å². The molecular weight excluding hydrogens is 333 g/mol. The molecule has 1 aliphatic carbocycles. The van der Waals surface area contributed by atoms with Gasteiger partial charge in [0, 0.05) is 5.92 Å². The topological polar surface area (TPSA) is 46.5 Å². The molecular formula is C19H33F3O3. The van der Waals surface area contributed by atoms with Crippen molar-refractivity contribution in [3.05, 3.63) is 0 Å². The number of esters is 1. The normalized spacial score (nSPS) is 21.9. The second kappa shape index (κ2) is 7.45. The number of hydrogen-bond acceptors (Lipinski definition) is 3. The van der Waals surface area contributed by atoms with Gasteiger partial charge in [-0.2, -0.15) is 13.2 Å². The maximum absolute atomic E-state index is 13.6. The van der Waals surface area contributed by atoms with Crippen LogP contribution in [-0.4, -0.2) is 28.5 Å². The Bertz CT molecular complexity index is 461. The van der Waals surface area contributed by atoms with Gasteiger partial charge in [-0.05, 0) is 65.2 Å². The number of aliphatic hydroxyl groups is 1. The summed E-state index contributed by atoms with van der Waals surface area (Å²) in [6.45, 7) is 9.77. The Morgan fingerprint density at radius 3 is 2.00 bits per heavy atom. The summed E-state index contributed by atoms with van der Waals surface area (Å²) in [5.41, 5.74) is -4.92. The van der Waals surface area contributed by atoms with Gasteiger partial charge >= 0.3 is 12.1 Å². The lowest BCUT2D eigenvalue weighted by molar-refractivity contribution is -0.296. The Morgan fingerprint density at radius 1 is 1.16 bits per heavy atom. The van der Waals surface area contributed by atoms with Gasteiger partial charge in [-0.3, -0.25) is 4.79 Å². The van der Waals surface area contributed by atoms with Gasteiger partial charge in [-0.15, -0.1) is 0 Å². The first-order valence-electron chi connectivity index (χ1n) is 9.22. The van der Waals surface area contributed by atoms with Crippen LogP contribution in [0.5, 0.6) is 0 Å². The first kappa shape index (κ1) is 22.3. The highest BCUT2D eigenvalue weighted by Gasteiger charge is 2.63. The van der Waals surface area contributed by atoms with E-state index in [0.29, 0.717) is 32.1 Å². The average Bonchev–Trinajstić information content (AvgIpc) is 2.92. The fourth-order valence-electron chi connectivity index (χ4n) is 3.59. The molecule has 0 aromatic rings. The van der Waals surface area contributed by atoms with E-state index in [-0.39, 0.29) is 12.3 Å². The molecule has 2 unspecified atom stereocenters. The largest absolute Gasteiger partial charge is 0.458 e. The molecule has 1 saturated carbocycles. The van der Waals surface area contributed by atoms with Crippen LogP contribution >= 0.6 is 0 Å². The summed E-state index contributed by atoms with van der Waals surface area (Å²) in [5.74, 6) is -1.73. The molecule has 1 N–H and O–H groups in total. The lowest BCUT2D eigenvalue weighted by Crippen LogP contribution is -2.59. The predicted octanol–water partition coefficient (Wildman–Crippen LogP) is 5.25. The maximum Gasteiger partial charge on any atom is 0.417 e. The van der Waals surface area contributed by atoms with Gasteiger partial charge in [0.15, 0.2) is 5.60 Å². The van der Waals surface area contributed by atoms with E-state index in [1.165, 1.54) is 0 Å². The zero-order valence-electron chi connectivity index (χ0n) is 16.3. The van der Waals surface area contributed by atoms with Gasteiger partial charge < -0.3 is 9.84 Å². The summed E-state index contributed by atoms with van der Waals surface area (Å²) in [4.78, 5) is 12.6. The SMILES string of the molecule is CCC(C)(C)C(=O)OC1(C(CC(C)C)C(C)(O)C(F)(F)F)CCCC1. The second-order valence-electron chi connectivity index (χ2n) is 8.73. The third-order valence-electron chi connectivity index (χ3n) is 5.78. The van der Waals surface area contributed by atoms with E-state index in [0.717, 1.165) is 6.92 Å². The first-order valence-corrected chi connectivity index (χ1v) is 9.22. The van der Waals surface area contributed by atoms with E-state index in [1.807, 2.05) is 20.8 Å². The van der Waals surface area contributed by atoms with Gasteiger partial charge in [0.1, 0.15) is 5.60 Å². The summed E-state index contributed by atoms with van der Waals surface area (Å²) >= 11 is 0. The van der Waals surface area contributed by atoms with E-state index in [9.17, 15) is 23.1 Å². The Hall–Kier alpha value is -0.780. The zero-order chi connectivity index (χ0) is 19.7. The minimum atomic E-state index is -4.78. The third kappa shape index (κ3) is 4.69. The molecule has 0 aromatic heterocycles. The zero-order valence-corrected chi connectivity index (χ0v) is 16.3. The number of hydrogen-bond donors (Lipinski definition) is 1. The Morgan fingerprint density at radius 2 is 1.64 bits per heavy atom. The monoisotopic (exact) mass is 366 g/mol. The van der Waals surface area contributed by atoms with Crippen molar-refractivity contribution >= 4 is 5.97 Å². The molecule has 1 aliphatic rings. The van der Waals surface area contributed by atoms with Crippen LogP contribution in [0.3, 0.4) is 0 Å². The number of rotatable bonds is 7. The number of alkyl halides is 3. The van der Waals surface area contributed by atoms with E-state index < -0.39 is 34.7 Å². The Kier molecular flexibility index (Phi) is 6.64. The van der Waals surface area contributed by atoms with Crippen molar-refractivity contribution in [3.8, 4) is 0 Å². The Labute approximate surface area is 149 Å². The highest BCUT2D eigenvalue weighted by atomic mass is 19.4. The minimum absolute atomic E-state index is 0.0609. The molecule has 0 bridgehead atoms. The molecule has 1 fully saturated rings. The molecule has 0 radical (unpaired) electrons. The van der Waals surface area contributed by atoms with Crippen molar-refractivity contribution in [3.63, 3.8) is 0 Å². The molecule has 3 nitrogen and oxygen atoms in total. The van der Waals surface area contributed by atoms with E-state index in [1.54, 1.807) is 13.8 Å². The highest BCUT2D eigenvalue weighted by Crippen LogP contribution is 2.51. The molecule has 6 heteroatoms. The van der Waals surface area contributed by atoms with Crippen molar-refractivity contribution in [1.29, 1.82) is 0 Å². The summed E-state index contributed by atoms with van der Waals surface area (Å²) in [6.07, 6.45) is -1.98. The van der Waals surface area contributed by atoms with Crippen LogP contribution in [-0.2, 0) is 9.53 Å². The molecule has 0 amide bonds. The second-order valence-corrected chi connectivity index (χ2v) is 8.73. The molecule has 0 heterocycles. The van der Waals surface area contributed by atoms with Crippen molar-refractivity contribution in [2.45, 2.75) is 97.4 Å². The van der Waals surface area contributed by atoms with Gasteiger partial charge in [0.25, 0.3) is 0 Å². The predicted molar refractivity (Wildman–Crippen MR) is 91.0 cm³/mol. The van der Waals surface area contributed by atoms with Crippen molar-refractivity contribution in [2.75, 3.05) is 0 Å². The minimum Gasteiger partial charge on any atom is -0.458 e. The average molecular weight is 366 g/mol. The molecule has 25 heavy (non-hydrogen) atoms. The van der Waals surface area contributed by atoms with Gasteiger partial charge in [0.2, 0.25) is 0 Å². The number of carbonyl (C=O) groups is 1. The highest BCUT2D eigenvalue weighted by molar-refractivity contribution is 5.76. The van der Waals surface area contributed by atoms with Gasteiger partial charge in [-0.1, -0.05) is 20.8 Å². The number of ether oxygens (including phenoxy) is 1. The fourth-order valence-corrected chi connectivity index (χ4v) is 3.59. The summed E-state index contributed by atoms with van der Waals surface area (Å²) in [7, 11) is 0. The van der Waals surface area contributed by atoms with E-state index in [4.69, 9.17) is 4.74 Å². The van der Waals surface area contributed by atoms with Crippen molar-refractivity contribution in [1.82, 2.24) is 0 Å². The van der Waals surface area contributed by atoms with Crippen LogP contribution < -0.4 is 0 Å². The lowest BCUT2D eigenvalue weighted by atomic mass is 9.70. The first-order chi connectivity index (χ1) is 11.2. The Balaban J connectivity index is 3.31. The molecule has 0 aromatic carbocycles. The fraction of sp³-hybridized carbons (Fsp3) is 0.947. The summed E-state index contributed by atoms with van der Waals surface area (Å²) < 4.78 is 46.6. The summed E-state index contributed by atoms with van der Waals surface area (Å²) in [6, 6.07) is 0. The molecule has 0 saturated heterocycles. The standard InChI is InChI=1S/C19H33F3O3/c1-7-16(4,5)15(23)25-18(10-8-9-11-18)14(12-13(2)3)17(6,24)19(20,21)22/h13-14,24H,7-12H2,1-6H3. The molecule has 148 valence electrons.